The molecule has 1 heterocycles. The van der Waals surface area contributed by atoms with Gasteiger partial charge in [0.25, 0.3) is 5.69 Å². The van der Waals surface area contributed by atoms with Crippen LogP contribution >= 0.6 is 0 Å². The number of aromatic nitrogens is 1. The lowest BCUT2D eigenvalue weighted by molar-refractivity contribution is -0.383. The minimum Gasteiger partial charge on any atom is -0.493 e. The fourth-order valence-corrected chi connectivity index (χ4v) is 2.90. The van der Waals surface area contributed by atoms with E-state index in [0.29, 0.717) is 34.9 Å². The van der Waals surface area contributed by atoms with Crippen LogP contribution in [0.5, 0.6) is 11.5 Å². The molecule has 2 aromatic carbocycles. The van der Waals surface area contributed by atoms with Crippen molar-refractivity contribution in [1.82, 2.24) is 4.98 Å². The van der Waals surface area contributed by atoms with Crippen molar-refractivity contribution < 1.29 is 14.4 Å². The van der Waals surface area contributed by atoms with Crippen LogP contribution in [0.4, 0.5) is 5.69 Å². The summed E-state index contributed by atoms with van der Waals surface area (Å²) in [6, 6.07) is 14.2. The van der Waals surface area contributed by atoms with Crippen LogP contribution in [0.2, 0.25) is 0 Å². The van der Waals surface area contributed by atoms with E-state index in [9.17, 15) is 10.1 Å². The highest BCUT2D eigenvalue weighted by molar-refractivity contribution is 5.89. The molecule has 3 aromatic rings. The second-order valence-electron chi connectivity index (χ2n) is 7.11. The van der Waals surface area contributed by atoms with Crippen molar-refractivity contribution in [3.63, 3.8) is 0 Å². The van der Waals surface area contributed by atoms with Gasteiger partial charge in [0.15, 0.2) is 11.5 Å². The number of fused-ring (bicyclic) bond motifs is 1. The average molecular weight is 392 g/mol. The number of non-ortho nitro benzene ring substituents is 1. The van der Waals surface area contributed by atoms with E-state index in [1.54, 1.807) is 31.4 Å². The first-order valence-corrected chi connectivity index (χ1v) is 9.51. The fourth-order valence-electron chi connectivity index (χ4n) is 2.90. The van der Waals surface area contributed by atoms with Crippen LogP contribution < -0.4 is 9.47 Å². The lowest BCUT2D eigenvalue weighted by Crippen LogP contribution is -2.02. The summed E-state index contributed by atoms with van der Waals surface area (Å²) >= 11 is 0. The van der Waals surface area contributed by atoms with Crippen molar-refractivity contribution in [2.24, 2.45) is 5.92 Å². The Labute approximate surface area is 169 Å². The molecule has 29 heavy (non-hydrogen) atoms. The van der Waals surface area contributed by atoms with Crippen molar-refractivity contribution in [2.45, 2.75) is 20.3 Å². The van der Waals surface area contributed by atoms with Gasteiger partial charge in [0.2, 0.25) is 0 Å². The number of pyridine rings is 1. The predicted molar refractivity (Wildman–Crippen MR) is 115 cm³/mol. The molecular formula is C23H24N2O4. The zero-order valence-electron chi connectivity index (χ0n) is 16.8. The molecule has 0 bridgehead atoms. The van der Waals surface area contributed by atoms with Gasteiger partial charge in [0, 0.05) is 6.07 Å². The number of nitrogens with zero attached hydrogens (tertiary/aromatic N) is 2. The molecule has 0 spiro atoms. The molecule has 0 saturated heterocycles. The summed E-state index contributed by atoms with van der Waals surface area (Å²) < 4.78 is 11.3. The lowest BCUT2D eigenvalue weighted by atomic mass is 10.1. The zero-order chi connectivity index (χ0) is 20.8. The second kappa shape index (κ2) is 9.19. The predicted octanol–water partition coefficient (Wildman–Crippen LogP) is 5.75. The maximum absolute atomic E-state index is 11.1. The Hall–Kier alpha value is -3.41. The number of nitro groups is 1. The van der Waals surface area contributed by atoms with Gasteiger partial charge in [-0.1, -0.05) is 32.1 Å². The van der Waals surface area contributed by atoms with Crippen LogP contribution in [0, 0.1) is 16.0 Å². The fraction of sp³-hybridized carbons (Fsp3) is 0.261. The molecule has 0 aliphatic heterocycles. The van der Waals surface area contributed by atoms with Crippen molar-refractivity contribution in [3.05, 3.63) is 69.9 Å². The van der Waals surface area contributed by atoms with Gasteiger partial charge in [0.1, 0.15) is 0 Å². The lowest BCUT2D eigenvalue weighted by Gasteiger charge is -2.12. The van der Waals surface area contributed by atoms with Gasteiger partial charge in [0.05, 0.1) is 35.2 Å². The monoisotopic (exact) mass is 392 g/mol. The smallest absolute Gasteiger partial charge is 0.278 e. The Morgan fingerprint density at radius 2 is 1.93 bits per heavy atom. The molecule has 1 aromatic heterocycles. The molecule has 0 unspecified atom stereocenters. The largest absolute Gasteiger partial charge is 0.493 e. The molecule has 0 fully saturated rings. The molecule has 6 nitrogen and oxygen atoms in total. The number of methoxy groups -OCH3 is 1. The van der Waals surface area contributed by atoms with Crippen LogP contribution in [0.3, 0.4) is 0 Å². The first kappa shape index (κ1) is 20.3. The molecule has 0 amide bonds. The van der Waals surface area contributed by atoms with Crippen molar-refractivity contribution in [2.75, 3.05) is 13.7 Å². The van der Waals surface area contributed by atoms with Crippen molar-refractivity contribution in [3.8, 4) is 11.5 Å². The highest BCUT2D eigenvalue weighted by atomic mass is 16.6. The Morgan fingerprint density at radius 1 is 1.10 bits per heavy atom. The molecule has 0 atom stereocenters. The minimum atomic E-state index is -0.392. The van der Waals surface area contributed by atoms with Crippen molar-refractivity contribution >= 4 is 28.7 Å². The number of rotatable bonds is 8. The van der Waals surface area contributed by atoms with Crippen LogP contribution in [-0.2, 0) is 0 Å². The molecule has 0 radical (unpaired) electrons. The molecule has 3 rings (SSSR count). The van der Waals surface area contributed by atoms with Gasteiger partial charge in [-0.05, 0) is 54.3 Å². The Bertz CT molecular complexity index is 1040. The Morgan fingerprint density at radius 3 is 2.66 bits per heavy atom. The summed E-state index contributed by atoms with van der Waals surface area (Å²) in [4.78, 5) is 15.3. The van der Waals surface area contributed by atoms with E-state index in [2.05, 4.69) is 18.8 Å². The standard InChI is InChI=1S/C23H24N2O4/c1-16(2)13-14-29-22-12-8-17(15-23(22)28-3)7-9-18-10-11-19-20(24-18)5-4-6-21(19)25(26)27/h4-12,15-16H,13-14H2,1-3H3. The SMILES string of the molecule is COc1cc(C=Cc2ccc3c([N+](=O)[O-])cccc3n2)ccc1OCCC(C)C. The van der Waals surface area contributed by atoms with E-state index >= 15 is 0 Å². The zero-order valence-corrected chi connectivity index (χ0v) is 16.8. The Kier molecular flexibility index (Phi) is 6.44. The number of nitro benzene ring substituents is 1. The maximum atomic E-state index is 11.1. The minimum absolute atomic E-state index is 0.0586. The first-order chi connectivity index (χ1) is 14.0. The van der Waals surface area contributed by atoms with Gasteiger partial charge in [-0.25, -0.2) is 4.98 Å². The number of benzene rings is 2. The summed E-state index contributed by atoms with van der Waals surface area (Å²) in [5.74, 6) is 1.98. The average Bonchev–Trinajstić information content (AvgIpc) is 2.71. The van der Waals surface area contributed by atoms with Gasteiger partial charge >= 0.3 is 0 Å². The molecule has 0 saturated carbocycles. The third kappa shape index (κ3) is 5.10. The molecule has 0 aliphatic rings. The molecular weight excluding hydrogens is 368 g/mol. The molecule has 0 aliphatic carbocycles. The quantitative estimate of drug-likeness (QED) is 0.361. The normalized spacial score (nSPS) is 11.3. The van der Waals surface area contributed by atoms with E-state index in [0.717, 1.165) is 17.7 Å². The Balaban J connectivity index is 1.79. The summed E-state index contributed by atoms with van der Waals surface area (Å²) in [5, 5.41) is 11.7. The van der Waals surface area contributed by atoms with Gasteiger partial charge in [-0.3, -0.25) is 10.1 Å². The van der Waals surface area contributed by atoms with Gasteiger partial charge < -0.3 is 9.47 Å². The summed E-state index contributed by atoms with van der Waals surface area (Å²) in [7, 11) is 1.62. The topological polar surface area (TPSA) is 74.5 Å². The van der Waals surface area contributed by atoms with Gasteiger partial charge in [-0.15, -0.1) is 0 Å². The first-order valence-electron chi connectivity index (χ1n) is 9.51. The van der Waals surface area contributed by atoms with E-state index in [4.69, 9.17) is 9.47 Å². The molecule has 0 N–H and O–H groups in total. The van der Waals surface area contributed by atoms with Crippen LogP contribution in [0.25, 0.3) is 23.1 Å². The highest BCUT2D eigenvalue weighted by Gasteiger charge is 2.11. The highest BCUT2D eigenvalue weighted by Crippen LogP contribution is 2.29. The van der Waals surface area contributed by atoms with E-state index in [-0.39, 0.29) is 5.69 Å². The summed E-state index contributed by atoms with van der Waals surface area (Å²) in [5.41, 5.74) is 2.31. The number of ether oxygens (including phenoxy) is 2. The molecule has 150 valence electrons. The van der Waals surface area contributed by atoms with E-state index in [1.165, 1.54) is 6.07 Å². The number of hydrogen-bond donors (Lipinski definition) is 0. The van der Waals surface area contributed by atoms with E-state index < -0.39 is 4.92 Å². The number of hydrogen-bond acceptors (Lipinski definition) is 5. The molecule has 6 heteroatoms. The second-order valence-corrected chi connectivity index (χ2v) is 7.11. The van der Waals surface area contributed by atoms with Crippen molar-refractivity contribution in [1.29, 1.82) is 0 Å². The third-order valence-electron chi connectivity index (χ3n) is 4.51. The summed E-state index contributed by atoms with van der Waals surface area (Å²) in [6.45, 7) is 4.97. The maximum Gasteiger partial charge on any atom is 0.278 e. The van der Waals surface area contributed by atoms with Gasteiger partial charge in [-0.2, -0.15) is 0 Å². The summed E-state index contributed by atoms with van der Waals surface area (Å²) in [6.07, 6.45) is 4.77. The van der Waals surface area contributed by atoms with E-state index in [1.807, 2.05) is 30.4 Å². The third-order valence-corrected chi connectivity index (χ3v) is 4.51. The van der Waals surface area contributed by atoms with Crippen LogP contribution in [0.1, 0.15) is 31.5 Å². The van der Waals surface area contributed by atoms with Crippen LogP contribution in [0.15, 0.2) is 48.5 Å². The van der Waals surface area contributed by atoms with Crippen LogP contribution in [-0.4, -0.2) is 23.6 Å².